The van der Waals surface area contributed by atoms with Crippen molar-refractivity contribution in [3.8, 4) is 5.69 Å². The van der Waals surface area contributed by atoms with Crippen molar-refractivity contribution in [2.24, 2.45) is 0 Å². The number of anilines is 1. The van der Waals surface area contributed by atoms with Crippen LogP contribution >= 0.6 is 0 Å². The first-order chi connectivity index (χ1) is 9.70. The van der Waals surface area contributed by atoms with Gasteiger partial charge >= 0.3 is 0 Å². The number of pyridine rings is 1. The van der Waals surface area contributed by atoms with E-state index in [2.05, 4.69) is 6.92 Å². The van der Waals surface area contributed by atoms with Gasteiger partial charge in [0.1, 0.15) is 0 Å². The molecule has 0 saturated carbocycles. The average molecular weight is 264 g/mol. The summed E-state index contributed by atoms with van der Waals surface area (Å²) >= 11 is 0. The van der Waals surface area contributed by atoms with Crippen LogP contribution in [-0.2, 0) is 6.42 Å². The molecule has 0 aliphatic carbocycles. The lowest BCUT2D eigenvalue weighted by atomic mass is 10.1. The van der Waals surface area contributed by atoms with E-state index in [0.29, 0.717) is 0 Å². The number of nitrogen functional groups attached to an aromatic ring is 1. The van der Waals surface area contributed by atoms with Crippen molar-refractivity contribution in [1.29, 1.82) is 0 Å². The van der Waals surface area contributed by atoms with Crippen molar-refractivity contribution < 1.29 is 0 Å². The van der Waals surface area contributed by atoms with Gasteiger partial charge in [0.05, 0.1) is 11.2 Å². The van der Waals surface area contributed by atoms with E-state index in [0.717, 1.165) is 28.7 Å². The monoisotopic (exact) mass is 264 g/mol. The summed E-state index contributed by atoms with van der Waals surface area (Å²) in [5.74, 6) is 0. The summed E-state index contributed by atoms with van der Waals surface area (Å²) in [6.45, 7) is 2.11. The Morgan fingerprint density at radius 1 is 1.10 bits per heavy atom. The molecule has 0 aliphatic rings. The van der Waals surface area contributed by atoms with E-state index in [-0.39, 0.29) is 5.43 Å². The smallest absolute Gasteiger partial charge is 0.189 e. The summed E-state index contributed by atoms with van der Waals surface area (Å²) in [4.78, 5) is 11.9. The molecule has 20 heavy (non-hydrogen) atoms. The molecule has 2 aromatic carbocycles. The standard InChI is InChI=1S/C17H16N2O/c1-2-12-7-8-13(18)11-16(12)19-10-9-17(20)14-5-3-4-6-15(14)19/h3-11H,2,18H2,1H3. The van der Waals surface area contributed by atoms with Crippen molar-refractivity contribution in [2.45, 2.75) is 13.3 Å². The van der Waals surface area contributed by atoms with E-state index in [1.54, 1.807) is 6.07 Å². The third kappa shape index (κ3) is 1.97. The quantitative estimate of drug-likeness (QED) is 0.723. The van der Waals surface area contributed by atoms with Gasteiger partial charge in [-0.3, -0.25) is 4.79 Å². The zero-order chi connectivity index (χ0) is 14.1. The van der Waals surface area contributed by atoms with E-state index in [4.69, 9.17) is 5.73 Å². The first-order valence-corrected chi connectivity index (χ1v) is 6.70. The van der Waals surface area contributed by atoms with Gasteiger partial charge in [-0.2, -0.15) is 0 Å². The van der Waals surface area contributed by atoms with E-state index < -0.39 is 0 Å². The lowest BCUT2D eigenvalue weighted by molar-refractivity contribution is 1.03. The molecule has 0 saturated heterocycles. The third-order valence-corrected chi connectivity index (χ3v) is 3.55. The highest BCUT2D eigenvalue weighted by molar-refractivity contribution is 5.80. The molecule has 0 fully saturated rings. The Morgan fingerprint density at radius 2 is 1.90 bits per heavy atom. The second-order valence-electron chi connectivity index (χ2n) is 4.81. The highest BCUT2D eigenvalue weighted by Crippen LogP contribution is 2.22. The maximum Gasteiger partial charge on any atom is 0.189 e. The van der Waals surface area contributed by atoms with Crippen molar-refractivity contribution in [1.82, 2.24) is 4.57 Å². The second-order valence-corrected chi connectivity index (χ2v) is 4.81. The molecule has 0 unspecified atom stereocenters. The van der Waals surface area contributed by atoms with Gasteiger partial charge in [0, 0.05) is 23.3 Å². The fourth-order valence-electron chi connectivity index (χ4n) is 2.52. The third-order valence-electron chi connectivity index (χ3n) is 3.55. The zero-order valence-electron chi connectivity index (χ0n) is 11.3. The Kier molecular flexibility index (Phi) is 3.03. The molecule has 0 spiro atoms. The summed E-state index contributed by atoms with van der Waals surface area (Å²) in [6.07, 6.45) is 2.73. The number of nitrogens with two attached hydrogens (primary N) is 1. The highest BCUT2D eigenvalue weighted by atomic mass is 16.1. The second kappa shape index (κ2) is 4.85. The fraction of sp³-hybridized carbons (Fsp3) is 0.118. The number of hydrogen-bond acceptors (Lipinski definition) is 2. The van der Waals surface area contributed by atoms with Crippen molar-refractivity contribution >= 4 is 16.6 Å². The number of fused-ring (bicyclic) bond motifs is 1. The molecule has 3 aromatic rings. The summed E-state index contributed by atoms with van der Waals surface area (Å²) in [5.41, 5.74) is 9.82. The van der Waals surface area contributed by atoms with Crippen LogP contribution in [0.5, 0.6) is 0 Å². The summed E-state index contributed by atoms with van der Waals surface area (Å²) < 4.78 is 2.03. The van der Waals surface area contributed by atoms with E-state index in [1.807, 2.05) is 53.2 Å². The average Bonchev–Trinajstić information content (AvgIpc) is 2.48. The number of aryl methyl sites for hydroxylation is 1. The van der Waals surface area contributed by atoms with Crippen molar-refractivity contribution in [3.63, 3.8) is 0 Å². The Labute approximate surface area is 117 Å². The minimum atomic E-state index is 0.0406. The van der Waals surface area contributed by atoms with Gasteiger partial charge in [-0.1, -0.05) is 25.1 Å². The van der Waals surface area contributed by atoms with Crippen LogP contribution in [-0.4, -0.2) is 4.57 Å². The highest BCUT2D eigenvalue weighted by Gasteiger charge is 2.07. The van der Waals surface area contributed by atoms with Gasteiger partial charge in [-0.05, 0) is 36.2 Å². The number of rotatable bonds is 2. The molecule has 0 amide bonds. The summed E-state index contributed by atoms with van der Waals surface area (Å²) in [6, 6.07) is 15.1. The molecule has 1 aromatic heterocycles. The molecule has 3 nitrogen and oxygen atoms in total. The van der Waals surface area contributed by atoms with Crippen LogP contribution in [0.2, 0.25) is 0 Å². The molecule has 1 heterocycles. The molecular formula is C17H16N2O. The van der Waals surface area contributed by atoms with Gasteiger partial charge in [-0.15, -0.1) is 0 Å². The molecule has 3 heteroatoms. The molecule has 0 aliphatic heterocycles. The Bertz CT molecular complexity index is 834. The normalized spacial score (nSPS) is 10.8. The Morgan fingerprint density at radius 3 is 2.70 bits per heavy atom. The maximum atomic E-state index is 11.9. The SMILES string of the molecule is CCc1ccc(N)cc1-n1ccc(=O)c2ccccc21. The van der Waals surface area contributed by atoms with Crippen molar-refractivity contribution in [3.05, 3.63) is 70.5 Å². The molecule has 3 rings (SSSR count). The largest absolute Gasteiger partial charge is 0.399 e. The summed E-state index contributed by atoms with van der Waals surface area (Å²) in [5, 5.41) is 0.722. The first kappa shape index (κ1) is 12.5. The van der Waals surface area contributed by atoms with Crippen LogP contribution in [0.4, 0.5) is 5.69 Å². The van der Waals surface area contributed by atoms with Crippen LogP contribution in [0.25, 0.3) is 16.6 Å². The maximum absolute atomic E-state index is 11.9. The molecule has 0 bridgehead atoms. The number of nitrogens with zero attached hydrogens (tertiary/aromatic N) is 1. The van der Waals surface area contributed by atoms with Crippen LogP contribution in [0.3, 0.4) is 0 Å². The summed E-state index contributed by atoms with van der Waals surface area (Å²) in [7, 11) is 0. The van der Waals surface area contributed by atoms with Gasteiger partial charge < -0.3 is 10.3 Å². The van der Waals surface area contributed by atoms with Crippen molar-refractivity contribution in [2.75, 3.05) is 5.73 Å². The van der Waals surface area contributed by atoms with Gasteiger partial charge in [0.25, 0.3) is 0 Å². The van der Waals surface area contributed by atoms with Crippen LogP contribution in [0.1, 0.15) is 12.5 Å². The number of hydrogen-bond donors (Lipinski definition) is 1. The lowest BCUT2D eigenvalue weighted by Crippen LogP contribution is -2.08. The molecule has 0 radical (unpaired) electrons. The van der Waals surface area contributed by atoms with Crippen LogP contribution in [0.15, 0.2) is 59.5 Å². The molecule has 0 atom stereocenters. The van der Waals surface area contributed by atoms with E-state index in [9.17, 15) is 4.79 Å². The minimum absolute atomic E-state index is 0.0406. The van der Waals surface area contributed by atoms with E-state index in [1.165, 1.54) is 5.56 Å². The number of benzene rings is 2. The van der Waals surface area contributed by atoms with Gasteiger partial charge in [0.15, 0.2) is 5.43 Å². The fourth-order valence-corrected chi connectivity index (χ4v) is 2.52. The van der Waals surface area contributed by atoms with Gasteiger partial charge in [-0.25, -0.2) is 0 Å². The Balaban J connectivity index is 2.39. The Hall–Kier alpha value is -2.55. The number of aromatic nitrogens is 1. The predicted molar refractivity (Wildman–Crippen MR) is 83.3 cm³/mol. The first-order valence-electron chi connectivity index (χ1n) is 6.70. The molecule has 100 valence electrons. The predicted octanol–water partition coefficient (Wildman–Crippen LogP) is 3.14. The minimum Gasteiger partial charge on any atom is -0.399 e. The van der Waals surface area contributed by atoms with Gasteiger partial charge in [0.2, 0.25) is 0 Å². The van der Waals surface area contributed by atoms with Crippen LogP contribution in [0, 0.1) is 0 Å². The topological polar surface area (TPSA) is 48.0 Å². The number of para-hydroxylation sites is 1. The van der Waals surface area contributed by atoms with E-state index >= 15 is 0 Å². The molecule has 2 N–H and O–H groups in total. The lowest BCUT2D eigenvalue weighted by Gasteiger charge is -2.15. The van der Waals surface area contributed by atoms with Crippen LogP contribution < -0.4 is 11.2 Å². The molecular weight excluding hydrogens is 248 g/mol. The zero-order valence-corrected chi connectivity index (χ0v) is 11.3.